The summed E-state index contributed by atoms with van der Waals surface area (Å²) in [6, 6.07) is -1.26. The Bertz CT molecular complexity index is 379. The number of halogens is 3. The normalized spacial score (nSPS) is 17.9. The van der Waals surface area contributed by atoms with Crippen molar-refractivity contribution in [2.24, 2.45) is 11.8 Å². The average Bonchev–Trinajstić information content (AvgIpc) is 2.21. The van der Waals surface area contributed by atoms with Gasteiger partial charge >= 0.3 is 18.2 Å². The Labute approximate surface area is 115 Å². The van der Waals surface area contributed by atoms with Crippen LogP contribution in [0.15, 0.2) is 0 Å². The van der Waals surface area contributed by atoms with Crippen LogP contribution in [0.2, 0.25) is 0 Å². The van der Waals surface area contributed by atoms with E-state index < -0.39 is 36.7 Å². The van der Waals surface area contributed by atoms with Crippen LogP contribution in [-0.2, 0) is 4.79 Å². The molecule has 1 heterocycles. The van der Waals surface area contributed by atoms with E-state index in [1.807, 2.05) is 0 Å². The van der Waals surface area contributed by atoms with Gasteiger partial charge in [-0.3, -0.25) is 4.79 Å². The smallest absolute Gasteiger partial charge is 0.406 e. The van der Waals surface area contributed by atoms with Crippen molar-refractivity contribution in [3.8, 4) is 0 Å². The van der Waals surface area contributed by atoms with E-state index in [0.717, 1.165) is 4.90 Å². The molecule has 116 valence electrons. The maximum Gasteiger partial charge on any atom is 0.406 e. The van der Waals surface area contributed by atoms with E-state index in [0.29, 0.717) is 0 Å². The van der Waals surface area contributed by atoms with Gasteiger partial charge in [0.25, 0.3) is 0 Å². The molecule has 1 atom stereocenters. The SMILES string of the molecule is CC(C(=O)O)C1CN(C(=O)N(CC(F)(F)F)C(C)C)C1. The molecule has 20 heavy (non-hydrogen) atoms. The van der Waals surface area contributed by atoms with Gasteiger partial charge in [-0.1, -0.05) is 6.92 Å². The second kappa shape index (κ2) is 5.88. The number of hydrogen-bond acceptors (Lipinski definition) is 2. The lowest BCUT2D eigenvalue weighted by Gasteiger charge is -2.44. The summed E-state index contributed by atoms with van der Waals surface area (Å²) in [6.45, 7) is 3.65. The Kier molecular flexibility index (Phi) is 4.88. The number of nitrogens with zero attached hydrogens (tertiary/aromatic N) is 2. The monoisotopic (exact) mass is 296 g/mol. The van der Waals surface area contributed by atoms with Gasteiger partial charge in [0, 0.05) is 25.0 Å². The molecule has 1 aliphatic heterocycles. The molecule has 5 nitrogen and oxygen atoms in total. The molecular formula is C12H19F3N2O3. The molecule has 0 spiro atoms. The highest BCUT2D eigenvalue weighted by Crippen LogP contribution is 2.27. The van der Waals surface area contributed by atoms with Crippen LogP contribution in [0, 0.1) is 11.8 Å². The third-order valence-corrected chi connectivity index (χ3v) is 3.50. The van der Waals surface area contributed by atoms with Crippen molar-refractivity contribution >= 4 is 12.0 Å². The molecule has 1 rings (SSSR count). The minimum atomic E-state index is -4.45. The fourth-order valence-corrected chi connectivity index (χ4v) is 2.03. The van der Waals surface area contributed by atoms with Gasteiger partial charge in [-0.05, 0) is 13.8 Å². The molecule has 1 N–H and O–H groups in total. The molecule has 1 saturated heterocycles. The summed E-state index contributed by atoms with van der Waals surface area (Å²) < 4.78 is 37.3. The van der Waals surface area contributed by atoms with Crippen LogP contribution in [0.25, 0.3) is 0 Å². The zero-order chi connectivity index (χ0) is 15.7. The van der Waals surface area contributed by atoms with E-state index in [1.54, 1.807) is 0 Å². The Morgan fingerprint density at radius 1 is 1.30 bits per heavy atom. The highest BCUT2D eigenvalue weighted by Gasteiger charge is 2.42. The summed E-state index contributed by atoms with van der Waals surface area (Å²) in [6.07, 6.45) is -4.45. The van der Waals surface area contributed by atoms with Crippen LogP contribution in [0.5, 0.6) is 0 Å². The fraction of sp³-hybridized carbons (Fsp3) is 0.833. The van der Waals surface area contributed by atoms with Gasteiger partial charge in [0.05, 0.1) is 5.92 Å². The maximum absolute atomic E-state index is 12.4. The van der Waals surface area contributed by atoms with Crippen molar-refractivity contribution in [3.63, 3.8) is 0 Å². The molecule has 1 unspecified atom stereocenters. The molecule has 0 bridgehead atoms. The van der Waals surface area contributed by atoms with Crippen LogP contribution in [0.1, 0.15) is 20.8 Å². The number of aliphatic carboxylic acids is 1. The van der Waals surface area contributed by atoms with E-state index in [4.69, 9.17) is 5.11 Å². The summed E-state index contributed by atoms with van der Waals surface area (Å²) >= 11 is 0. The number of hydrogen-bond donors (Lipinski definition) is 1. The number of carboxylic acids is 1. The summed E-state index contributed by atoms with van der Waals surface area (Å²) in [5.74, 6) is -1.76. The number of rotatable bonds is 4. The third-order valence-electron chi connectivity index (χ3n) is 3.50. The number of urea groups is 1. The molecule has 0 radical (unpaired) electrons. The first-order valence-corrected chi connectivity index (χ1v) is 6.38. The fourth-order valence-electron chi connectivity index (χ4n) is 2.03. The van der Waals surface area contributed by atoms with E-state index in [1.165, 1.54) is 25.7 Å². The van der Waals surface area contributed by atoms with Gasteiger partial charge in [-0.2, -0.15) is 13.2 Å². The second-order valence-electron chi connectivity index (χ2n) is 5.41. The van der Waals surface area contributed by atoms with Crippen molar-refractivity contribution in [3.05, 3.63) is 0 Å². The number of carbonyl (C=O) groups excluding carboxylic acids is 1. The molecular weight excluding hydrogens is 277 g/mol. The summed E-state index contributed by atoms with van der Waals surface area (Å²) in [5, 5.41) is 8.83. The van der Waals surface area contributed by atoms with E-state index in [2.05, 4.69) is 0 Å². The molecule has 0 aromatic heterocycles. The molecule has 0 aromatic rings. The Balaban J connectivity index is 2.59. The lowest BCUT2D eigenvalue weighted by atomic mass is 9.87. The van der Waals surface area contributed by atoms with Gasteiger partial charge in [0.1, 0.15) is 6.54 Å². The summed E-state index contributed by atoms with van der Waals surface area (Å²) in [5.41, 5.74) is 0. The number of amides is 2. The molecule has 1 aliphatic rings. The lowest BCUT2D eigenvalue weighted by molar-refractivity contribution is -0.147. The first-order valence-electron chi connectivity index (χ1n) is 6.38. The third kappa shape index (κ3) is 4.01. The van der Waals surface area contributed by atoms with Crippen molar-refractivity contribution in [2.75, 3.05) is 19.6 Å². The second-order valence-corrected chi connectivity index (χ2v) is 5.41. The number of carbonyl (C=O) groups is 2. The molecule has 2 amide bonds. The van der Waals surface area contributed by atoms with Crippen LogP contribution < -0.4 is 0 Å². The number of carboxylic acid groups (broad SMARTS) is 1. The minimum Gasteiger partial charge on any atom is -0.481 e. The van der Waals surface area contributed by atoms with Crippen molar-refractivity contribution in [1.82, 2.24) is 9.80 Å². The van der Waals surface area contributed by atoms with Gasteiger partial charge < -0.3 is 14.9 Å². The number of alkyl halides is 3. The zero-order valence-electron chi connectivity index (χ0n) is 11.6. The van der Waals surface area contributed by atoms with E-state index in [9.17, 15) is 22.8 Å². The van der Waals surface area contributed by atoms with Gasteiger partial charge in [-0.25, -0.2) is 4.79 Å². The predicted molar refractivity (Wildman–Crippen MR) is 65.2 cm³/mol. The van der Waals surface area contributed by atoms with Gasteiger partial charge in [-0.15, -0.1) is 0 Å². The maximum atomic E-state index is 12.4. The standard InChI is InChI=1S/C12H19F3N2O3/c1-7(2)17(6-12(13,14)15)11(20)16-4-9(5-16)8(3)10(18)19/h7-9H,4-6H2,1-3H3,(H,18,19). The first-order chi connectivity index (χ1) is 9.03. The predicted octanol–water partition coefficient (Wildman–Crippen LogP) is 2.03. The van der Waals surface area contributed by atoms with Crippen LogP contribution >= 0.6 is 0 Å². The van der Waals surface area contributed by atoms with Gasteiger partial charge in [0.15, 0.2) is 0 Å². The molecule has 8 heteroatoms. The summed E-state index contributed by atoms with van der Waals surface area (Å²) in [7, 11) is 0. The van der Waals surface area contributed by atoms with Crippen LogP contribution in [0.4, 0.5) is 18.0 Å². The molecule has 0 aromatic carbocycles. The summed E-state index contributed by atoms with van der Waals surface area (Å²) in [4.78, 5) is 24.8. The molecule has 0 saturated carbocycles. The molecule has 1 fully saturated rings. The minimum absolute atomic E-state index is 0.188. The van der Waals surface area contributed by atoms with Gasteiger partial charge in [0.2, 0.25) is 0 Å². The van der Waals surface area contributed by atoms with E-state index in [-0.39, 0.29) is 19.0 Å². The largest absolute Gasteiger partial charge is 0.481 e. The van der Waals surface area contributed by atoms with Crippen LogP contribution in [0.3, 0.4) is 0 Å². The topological polar surface area (TPSA) is 60.9 Å². The Morgan fingerprint density at radius 2 is 1.80 bits per heavy atom. The zero-order valence-corrected chi connectivity index (χ0v) is 11.6. The number of likely N-dealkylation sites (tertiary alicyclic amines) is 1. The highest BCUT2D eigenvalue weighted by atomic mass is 19.4. The van der Waals surface area contributed by atoms with Crippen LogP contribution in [-0.4, -0.2) is 58.8 Å². The van der Waals surface area contributed by atoms with Crippen molar-refractivity contribution in [2.45, 2.75) is 33.0 Å². The highest BCUT2D eigenvalue weighted by molar-refractivity contribution is 5.76. The molecule has 0 aliphatic carbocycles. The first kappa shape index (κ1) is 16.6. The van der Waals surface area contributed by atoms with Crippen molar-refractivity contribution < 1.29 is 27.9 Å². The lowest BCUT2D eigenvalue weighted by Crippen LogP contribution is -2.59. The quantitative estimate of drug-likeness (QED) is 0.863. The Morgan fingerprint density at radius 3 is 2.15 bits per heavy atom. The van der Waals surface area contributed by atoms with Crippen molar-refractivity contribution in [1.29, 1.82) is 0 Å². The Hall–Kier alpha value is -1.47. The average molecular weight is 296 g/mol. The van der Waals surface area contributed by atoms with E-state index >= 15 is 0 Å².